The molecule has 0 amide bonds. The number of unbranched alkanes of at least 4 members (excludes halogenated alkanes) is 5. The average Bonchev–Trinajstić information content (AvgIpc) is 2.76. The van der Waals surface area contributed by atoms with Crippen molar-refractivity contribution in [2.24, 2.45) is 5.73 Å². The van der Waals surface area contributed by atoms with Crippen LogP contribution in [0.4, 0.5) is 0 Å². The van der Waals surface area contributed by atoms with E-state index in [0.717, 1.165) is 31.7 Å². The Kier molecular flexibility index (Phi) is 8.14. The zero-order valence-electron chi connectivity index (χ0n) is 16.6. The third-order valence-electron chi connectivity index (χ3n) is 5.03. The van der Waals surface area contributed by atoms with Gasteiger partial charge in [0.15, 0.2) is 0 Å². The molecule has 0 spiro atoms. The van der Waals surface area contributed by atoms with Crippen molar-refractivity contribution in [1.29, 1.82) is 0 Å². The summed E-state index contributed by atoms with van der Waals surface area (Å²) < 4.78 is 6.26. The molecule has 146 valence electrons. The maximum absolute atomic E-state index is 6.26. The molecular weight excluding hydrogens is 342 g/mol. The summed E-state index contributed by atoms with van der Waals surface area (Å²) in [5, 5.41) is 0. The molecule has 2 nitrogen and oxygen atoms in total. The molecule has 3 aromatic rings. The van der Waals surface area contributed by atoms with E-state index in [-0.39, 0.29) is 0 Å². The molecule has 0 aliphatic rings. The van der Waals surface area contributed by atoms with E-state index >= 15 is 0 Å². The largest absolute Gasteiger partial charge is 0.493 e. The lowest BCUT2D eigenvalue weighted by atomic mass is 9.94. The van der Waals surface area contributed by atoms with Crippen molar-refractivity contribution in [3.8, 4) is 28.0 Å². The molecule has 3 rings (SSSR count). The number of ether oxygens (including phenoxy) is 1. The summed E-state index contributed by atoms with van der Waals surface area (Å²) in [5.41, 5.74) is 10.4. The third-order valence-corrected chi connectivity index (χ3v) is 5.03. The van der Waals surface area contributed by atoms with Crippen molar-refractivity contribution in [2.75, 3.05) is 13.2 Å². The molecule has 28 heavy (non-hydrogen) atoms. The van der Waals surface area contributed by atoms with E-state index in [4.69, 9.17) is 10.5 Å². The van der Waals surface area contributed by atoms with E-state index in [9.17, 15) is 0 Å². The number of rotatable bonds is 11. The molecule has 0 aromatic heterocycles. The first kappa shape index (κ1) is 20.2. The number of benzene rings is 3. The molecule has 0 unspecified atom stereocenters. The Hall–Kier alpha value is -2.58. The van der Waals surface area contributed by atoms with Crippen LogP contribution in [-0.4, -0.2) is 13.2 Å². The van der Waals surface area contributed by atoms with E-state index in [1.807, 2.05) is 0 Å². The van der Waals surface area contributed by atoms with Crippen molar-refractivity contribution < 1.29 is 4.74 Å². The Balaban J connectivity index is 1.72. The Bertz CT molecular complexity index is 814. The summed E-state index contributed by atoms with van der Waals surface area (Å²) in [6.07, 6.45) is 7.22. The van der Waals surface area contributed by atoms with Gasteiger partial charge in [0.2, 0.25) is 0 Å². The topological polar surface area (TPSA) is 35.2 Å². The Morgan fingerprint density at radius 2 is 1.18 bits per heavy atom. The van der Waals surface area contributed by atoms with Crippen molar-refractivity contribution in [3.63, 3.8) is 0 Å². The van der Waals surface area contributed by atoms with Crippen LogP contribution in [-0.2, 0) is 0 Å². The molecule has 2 N–H and O–H groups in total. The van der Waals surface area contributed by atoms with Gasteiger partial charge in [0.05, 0.1) is 6.61 Å². The van der Waals surface area contributed by atoms with Crippen LogP contribution in [0.25, 0.3) is 22.3 Å². The molecule has 0 atom stereocenters. The van der Waals surface area contributed by atoms with Gasteiger partial charge in [-0.3, -0.25) is 0 Å². The molecule has 0 aliphatic heterocycles. The fraction of sp³-hybridized carbons (Fsp3) is 0.308. The van der Waals surface area contributed by atoms with E-state index in [1.165, 1.54) is 47.9 Å². The first-order chi connectivity index (χ1) is 13.9. The Morgan fingerprint density at radius 1 is 0.571 bits per heavy atom. The molecule has 0 radical (unpaired) electrons. The molecule has 0 aliphatic carbocycles. The number of hydrogen-bond donors (Lipinski definition) is 1. The fourth-order valence-corrected chi connectivity index (χ4v) is 3.55. The standard InChI is InChI=1S/C26H31NO/c27-20-11-3-1-2-4-12-21-28-25-19-13-18-24(22-14-7-5-8-15-22)26(25)23-16-9-6-10-17-23/h5-10,13-19H,1-4,11-12,20-21,27H2. The molecule has 2 heteroatoms. The quantitative estimate of drug-likeness (QED) is 0.380. The van der Waals surface area contributed by atoms with Crippen LogP contribution in [0.2, 0.25) is 0 Å². The summed E-state index contributed by atoms with van der Waals surface area (Å²) in [4.78, 5) is 0. The minimum Gasteiger partial charge on any atom is -0.493 e. The molecular formula is C26H31NO. The molecule has 0 heterocycles. The maximum Gasteiger partial charge on any atom is 0.127 e. The lowest BCUT2D eigenvalue weighted by Gasteiger charge is -2.16. The zero-order valence-corrected chi connectivity index (χ0v) is 16.6. The molecule has 0 fully saturated rings. The van der Waals surface area contributed by atoms with Crippen LogP contribution in [0.1, 0.15) is 38.5 Å². The van der Waals surface area contributed by atoms with Gasteiger partial charge in [0.1, 0.15) is 5.75 Å². The highest BCUT2D eigenvalue weighted by Crippen LogP contribution is 2.39. The minimum atomic E-state index is 0.759. The molecule has 3 aromatic carbocycles. The number of nitrogens with two attached hydrogens (primary N) is 1. The lowest BCUT2D eigenvalue weighted by molar-refractivity contribution is 0.305. The van der Waals surface area contributed by atoms with E-state index < -0.39 is 0 Å². The van der Waals surface area contributed by atoms with Gasteiger partial charge in [0.25, 0.3) is 0 Å². The highest BCUT2D eigenvalue weighted by molar-refractivity contribution is 5.87. The second-order valence-corrected chi connectivity index (χ2v) is 7.17. The lowest BCUT2D eigenvalue weighted by Crippen LogP contribution is -2.00. The first-order valence-electron chi connectivity index (χ1n) is 10.5. The second-order valence-electron chi connectivity index (χ2n) is 7.17. The molecule has 0 saturated heterocycles. The van der Waals surface area contributed by atoms with Crippen LogP contribution in [0.5, 0.6) is 5.75 Å². The predicted octanol–water partition coefficient (Wildman–Crippen LogP) is 6.70. The summed E-state index contributed by atoms with van der Waals surface area (Å²) in [6.45, 7) is 1.57. The predicted molar refractivity (Wildman–Crippen MR) is 120 cm³/mol. The average molecular weight is 374 g/mol. The van der Waals surface area contributed by atoms with Crippen molar-refractivity contribution in [3.05, 3.63) is 78.9 Å². The maximum atomic E-state index is 6.26. The SMILES string of the molecule is NCCCCCCCCOc1cccc(-c2ccccc2)c1-c1ccccc1. The Labute approximate surface area is 169 Å². The van der Waals surface area contributed by atoms with Gasteiger partial charge in [-0.15, -0.1) is 0 Å². The highest BCUT2D eigenvalue weighted by Gasteiger charge is 2.13. The summed E-state index contributed by atoms with van der Waals surface area (Å²) >= 11 is 0. The van der Waals surface area contributed by atoms with Gasteiger partial charge in [-0.1, -0.05) is 98.5 Å². The summed E-state index contributed by atoms with van der Waals surface area (Å²) in [7, 11) is 0. The zero-order chi connectivity index (χ0) is 19.4. The van der Waals surface area contributed by atoms with Crippen LogP contribution >= 0.6 is 0 Å². The molecule has 0 saturated carbocycles. The van der Waals surface area contributed by atoms with E-state index in [2.05, 4.69) is 78.9 Å². The van der Waals surface area contributed by atoms with Gasteiger partial charge in [-0.25, -0.2) is 0 Å². The van der Waals surface area contributed by atoms with Gasteiger partial charge in [-0.2, -0.15) is 0 Å². The van der Waals surface area contributed by atoms with Crippen LogP contribution < -0.4 is 10.5 Å². The summed E-state index contributed by atoms with van der Waals surface area (Å²) in [5.74, 6) is 0.968. The van der Waals surface area contributed by atoms with Gasteiger partial charge in [-0.05, 0) is 42.1 Å². The van der Waals surface area contributed by atoms with Gasteiger partial charge < -0.3 is 10.5 Å². The highest BCUT2D eigenvalue weighted by atomic mass is 16.5. The second kappa shape index (κ2) is 11.3. The normalized spacial score (nSPS) is 10.8. The fourth-order valence-electron chi connectivity index (χ4n) is 3.55. The van der Waals surface area contributed by atoms with Crippen molar-refractivity contribution in [1.82, 2.24) is 0 Å². The summed E-state index contributed by atoms with van der Waals surface area (Å²) in [6, 6.07) is 27.5. The smallest absolute Gasteiger partial charge is 0.127 e. The van der Waals surface area contributed by atoms with Gasteiger partial charge in [0, 0.05) is 5.56 Å². The number of hydrogen-bond acceptors (Lipinski definition) is 2. The third kappa shape index (κ3) is 5.71. The molecule has 0 bridgehead atoms. The minimum absolute atomic E-state index is 0.759. The van der Waals surface area contributed by atoms with Crippen LogP contribution in [0.3, 0.4) is 0 Å². The van der Waals surface area contributed by atoms with Crippen LogP contribution in [0, 0.1) is 0 Å². The van der Waals surface area contributed by atoms with E-state index in [0.29, 0.717) is 0 Å². The first-order valence-corrected chi connectivity index (χ1v) is 10.5. The van der Waals surface area contributed by atoms with Crippen molar-refractivity contribution in [2.45, 2.75) is 38.5 Å². The Morgan fingerprint density at radius 3 is 1.86 bits per heavy atom. The van der Waals surface area contributed by atoms with Crippen molar-refractivity contribution >= 4 is 0 Å². The van der Waals surface area contributed by atoms with Gasteiger partial charge >= 0.3 is 0 Å². The van der Waals surface area contributed by atoms with E-state index in [1.54, 1.807) is 0 Å². The monoisotopic (exact) mass is 373 g/mol. The van der Waals surface area contributed by atoms with Crippen LogP contribution in [0.15, 0.2) is 78.9 Å².